The molecule has 21 heavy (non-hydrogen) atoms. The Morgan fingerprint density at radius 1 is 1.38 bits per heavy atom. The number of ether oxygens (including phenoxy) is 1. The summed E-state index contributed by atoms with van der Waals surface area (Å²) in [5.41, 5.74) is 1.74. The van der Waals surface area contributed by atoms with Crippen LogP contribution in [0.15, 0.2) is 23.8 Å². The van der Waals surface area contributed by atoms with Crippen LogP contribution in [-0.2, 0) is 4.79 Å². The number of hydrogen-bond acceptors (Lipinski definition) is 4. The molecule has 1 aliphatic rings. The summed E-state index contributed by atoms with van der Waals surface area (Å²) >= 11 is 0. The predicted molar refractivity (Wildman–Crippen MR) is 79.1 cm³/mol. The summed E-state index contributed by atoms with van der Waals surface area (Å²) < 4.78 is 5.02. The summed E-state index contributed by atoms with van der Waals surface area (Å²) in [5, 5.41) is 11.1. The molecule has 0 atom stereocenters. The third-order valence-electron chi connectivity index (χ3n) is 3.64. The molecular weight excluding hydrogens is 272 g/mol. The van der Waals surface area contributed by atoms with E-state index < -0.39 is 4.92 Å². The van der Waals surface area contributed by atoms with Crippen LogP contribution in [0, 0.1) is 10.1 Å². The van der Waals surface area contributed by atoms with E-state index in [1.54, 1.807) is 24.0 Å². The summed E-state index contributed by atoms with van der Waals surface area (Å²) in [4.78, 5) is 23.8. The number of nitro groups is 1. The topological polar surface area (TPSA) is 72.7 Å². The van der Waals surface area contributed by atoms with Crippen LogP contribution in [0.2, 0.25) is 0 Å². The molecule has 0 saturated carbocycles. The fraction of sp³-hybridized carbons (Fsp3) is 0.400. The molecule has 6 nitrogen and oxygen atoms in total. The van der Waals surface area contributed by atoms with Crippen LogP contribution < -0.4 is 4.74 Å². The summed E-state index contributed by atoms with van der Waals surface area (Å²) in [6, 6.07) is 4.84. The smallest absolute Gasteiger partial charge is 0.280 e. The lowest BCUT2D eigenvalue weighted by Crippen LogP contribution is -2.34. The second-order valence-corrected chi connectivity index (χ2v) is 4.99. The van der Waals surface area contributed by atoms with Crippen LogP contribution >= 0.6 is 0 Å². The Morgan fingerprint density at radius 3 is 2.57 bits per heavy atom. The first-order chi connectivity index (χ1) is 10.0. The van der Waals surface area contributed by atoms with Gasteiger partial charge in [-0.2, -0.15) is 0 Å². The molecule has 1 amide bonds. The summed E-state index contributed by atoms with van der Waals surface area (Å²) in [7, 11) is 1.48. The molecule has 1 fully saturated rings. The average molecular weight is 290 g/mol. The Balaban J connectivity index is 2.21. The van der Waals surface area contributed by atoms with Gasteiger partial charge in [-0.05, 0) is 31.1 Å². The monoisotopic (exact) mass is 290 g/mol. The average Bonchev–Trinajstić information content (AvgIpc) is 2.48. The third kappa shape index (κ3) is 3.59. The minimum Gasteiger partial charge on any atom is -0.497 e. The third-order valence-corrected chi connectivity index (χ3v) is 3.64. The van der Waals surface area contributed by atoms with Crippen molar-refractivity contribution in [2.45, 2.75) is 19.8 Å². The first kappa shape index (κ1) is 15.0. The maximum atomic E-state index is 11.3. The van der Waals surface area contributed by atoms with E-state index >= 15 is 0 Å². The van der Waals surface area contributed by atoms with Crippen molar-refractivity contribution in [2.24, 2.45) is 0 Å². The summed E-state index contributed by atoms with van der Waals surface area (Å²) in [6.07, 6.45) is 3.36. The van der Waals surface area contributed by atoms with Gasteiger partial charge in [0, 0.05) is 20.0 Å². The highest BCUT2D eigenvalue weighted by molar-refractivity contribution is 5.73. The maximum absolute atomic E-state index is 11.3. The molecule has 0 aromatic heterocycles. The molecule has 2 rings (SSSR count). The number of amides is 1. The van der Waals surface area contributed by atoms with E-state index in [0.29, 0.717) is 24.4 Å². The number of nitro benzene ring substituents is 1. The SMILES string of the molecule is COc1ccc(C=C2CCN(C(C)=O)CC2)c([N+](=O)[O-])c1. The highest BCUT2D eigenvalue weighted by Gasteiger charge is 2.18. The molecule has 1 aromatic rings. The van der Waals surface area contributed by atoms with E-state index in [-0.39, 0.29) is 11.6 Å². The van der Waals surface area contributed by atoms with Crippen molar-refractivity contribution >= 4 is 17.7 Å². The zero-order valence-corrected chi connectivity index (χ0v) is 12.2. The van der Waals surface area contributed by atoms with Gasteiger partial charge in [0.25, 0.3) is 5.69 Å². The molecule has 1 saturated heterocycles. The summed E-state index contributed by atoms with van der Waals surface area (Å²) in [6.45, 7) is 2.90. The van der Waals surface area contributed by atoms with Crippen LogP contribution in [0.3, 0.4) is 0 Å². The van der Waals surface area contributed by atoms with Gasteiger partial charge < -0.3 is 9.64 Å². The van der Waals surface area contributed by atoms with Crippen LogP contribution in [0.4, 0.5) is 5.69 Å². The number of methoxy groups -OCH3 is 1. The number of nitrogens with zero attached hydrogens (tertiary/aromatic N) is 2. The lowest BCUT2D eigenvalue weighted by molar-refractivity contribution is -0.385. The first-order valence-corrected chi connectivity index (χ1v) is 6.78. The van der Waals surface area contributed by atoms with Crippen LogP contribution in [0.1, 0.15) is 25.3 Å². The van der Waals surface area contributed by atoms with Crippen LogP contribution in [0.25, 0.3) is 6.08 Å². The quantitative estimate of drug-likeness (QED) is 0.633. The molecular formula is C15H18N2O4. The fourth-order valence-corrected chi connectivity index (χ4v) is 2.40. The highest BCUT2D eigenvalue weighted by Crippen LogP contribution is 2.28. The molecule has 0 spiro atoms. The van der Waals surface area contributed by atoms with Crippen molar-refractivity contribution < 1.29 is 14.5 Å². The Labute approximate surface area is 123 Å². The van der Waals surface area contributed by atoms with E-state index in [0.717, 1.165) is 18.4 Å². The van der Waals surface area contributed by atoms with Gasteiger partial charge in [-0.25, -0.2) is 0 Å². The molecule has 1 aliphatic heterocycles. The largest absolute Gasteiger partial charge is 0.497 e. The van der Waals surface area contributed by atoms with E-state index in [4.69, 9.17) is 4.74 Å². The van der Waals surface area contributed by atoms with E-state index in [9.17, 15) is 14.9 Å². The molecule has 0 radical (unpaired) electrons. The Hall–Kier alpha value is -2.37. The number of hydrogen-bond donors (Lipinski definition) is 0. The number of carbonyl (C=O) groups is 1. The standard InChI is InChI=1S/C15H18N2O4/c1-11(18)16-7-5-12(6-8-16)9-13-3-4-14(21-2)10-15(13)17(19)20/h3-4,9-10H,5-8H2,1-2H3. The number of piperidine rings is 1. The van der Waals surface area contributed by atoms with Crippen molar-refractivity contribution in [1.29, 1.82) is 0 Å². The summed E-state index contributed by atoms with van der Waals surface area (Å²) in [5.74, 6) is 0.541. The molecule has 1 heterocycles. The highest BCUT2D eigenvalue weighted by atomic mass is 16.6. The zero-order chi connectivity index (χ0) is 15.4. The molecule has 0 unspecified atom stereocenters. The minimum absolute atomic E-state index is 0.0378. The van der Waals surface area contributed by atoms with Gasteiger partial charge in [-0.15, -0.1) is 0 Å². The number of benzene rings is 1. The van der Waals surface area contributed by atoms with Crippen LogP contribution in [0.5, 0.6) is 5.75 Å². The molecule has 0 aliphatic carbocycles. The molecule has 0 bridgehead atoms. The molecule has 112 valence electrons. The van der Waals surface area contributed by atoms with Gasteiger partial charge in [0.1, 0.15) is 5.75 Å². The van der Waals surface area contributed by atoms with E-state index in [2.05, 4.69) is 0 Å². The lowest BCUT2D eigenvalue weighted by Gasteiger charge is -2.27. The zero-order valence-electron chi connectivity index (χ0n) is 12.2. The lowest BCUT2D eigenvalue weighted by atomic mass is 10.00. The minimum atomic E-state index is -0.403. The van der Waals surface area contributed by atoms with Crippen molar-refractivity contribution in [1.82, 2.24) is 4.90 Å². The van der Waals surface area contributed by atoms with Crippen molar-refractivity contribution in [3.05, 3.63) is 39.4 Å². The van der Waals surface area contributed by atoms with Gasteiger partial charge in [0.2, 0.25) is 5.91 Å². The fourth-order valence-electron chi connectivity index (χ4n) is 2.40. The Kier molecular flexibility index (Phi) is 4.57. The van der Waals surface area contributed by atoms with Gasteiger partial charge in [-0.1, -0.05) is 5.57 Å². The normalized spacial score (nSPS) is 14.8. The Bertz CT molecular complexity index is 585. The Morgan fingerprint density at radius 2 is 2.05 bits per heavy atom. The van der Waals surface area contributed by atoms with E-state index in [1.807, 2.05) is 6.08 Å². The van der Waals surface area contributed by atoms with Gasteiger partial charge in [-0.3, -0.25) is 14.9 Å². The van der Waals surface area contributed by atoms with Gasteiger partial charge >= 0.3 is 0 Å². The van der Waals surface area contributed by atoms with Gasteiger partial charge in [0.15, 0.2) is 0 Å². The molecule has 1 aromatic carbocycles. The second-order valence-electron chi connectivity index (χ2n) is 4.99. The predicted octanol–water partition coefficient (Wildman–Crippen LogP) is 2.63. The molecule has 6 heteroatoms. The maximum Gasteiger partial charge on any atom is 0.280 e. The second kappa shape index (κ2) is 6.39. The number of rotatable bonds is 3. The number of carbonyl (C=O) groups excluding carboxylic acids is 1. The number of likely N-dealkylation sites (tertiary alicyclic amines) is 1. The van der Waals surface area contributed by atoms with Crippen molar-refractivity contribution in [2.75, 3.05) is 20.2 Å². The van der Waals surface area contributed by atoms with Crippen LogP contribution in [-0.4, -0.2) is 35.9 Å². The van der Waals surface area contributed by atoms with Crippen molar-refractivity contribution in [3.8, 4) is 5.75 Å². The molecule has 0 N–H and O–H groups in total. The first-order valence-electron chi connectivity index (χ1n) is 6.78. The van der Waals surface area contributed by atoms with Gasteiger partial charge in [0.05, 0.1) is 23.7 Å². The van der Waals surface area contributed by atoms with Crippen molar-refractivity contribution in [3.63, 3.8) is 0 Å². The van der Waals surface area contributed by atoms with E-state index in [1.165, 1.54) is 13.2 Å².